The highest BCUT2D eigenvalue weighted by atomic mass is 32.2. The van der Waals surface area contributed by atoms with Crippen LogP contribution in [0.2, 0.25) is 0 Å². The van der Waals surface area contributed by atoms with Crippen molar-refractivity contribution >= 4 is 32.2 Å². The van der Waals surface area contributed by atoms with Crippen molar-refractivity contribution in [3.8, 4) is 5.75 Å². The molecule has 8 nitrogen and oxygen atoms in total. The second kappa shape index (κ2) is 4.82. The van der Waals surface area contributed by atoms with Crippen LogP contribution in [0.5, 0.6) is 5.75 Å². The molecule has 0 spiro atoms. The second-order valence-corrected chi connectivity index (χ2v) is 5.93. The summed E-state index contributed by atoms with van der Waals surface area (Å²) in [6.45, 7) is 0. The van der Waals surface area contributed by atoms with Gasteiger partial charge >= 0.3 is 5.69 Å². The first-order chi connectivity index (χ1) is 8.90. The number of nitro benzene ring substituents is 1. The van der Waals surface area contributed by atoms with E-state index in [1.165, 1.54) is 6.20 Å². The fourth-order valence-electron chi connectivity index (χ4n) is 1.26. The molecule has 0 saturated carbocycles. The minimum absolute atomic E-state index is 0.149. The summed E-state index contributed by atoms with van der Waals surface area (Å²) in [5.74, 6) is -0.599. The Morgan fingerprint density at radius 1 is 1.42 bits per heavy atom. The van der Waals surface area contributed by atoms with Crippen molar-refractivity contribution in [3.05, 3.63) is 39.9 Å². The van der Waals surface area contributed by atoms with Gasteiger partial charge in [-0.15, -0.1) is 11.3 Å². The molecule has 1 aromatic carbocycles. The first-order valence-corrected chi connectivity index (χ1v) is 7.16. The molecule has 100 valence electrons. The van der Waals surface area contributed by atoms with Gasteiger partial charge in [-0.2, -0.15) is 0 Å². The molecule has 0 bridgehead atoms. The number of thiazole rings is 1. The van der Waals surface area contributed by atoms with Gasteiger partial charge < -0.3 is 5.11 Å². The largest absolute Gasteiger partial charge is 0.502 e. The van der Waals surface area contributed by atoms with Gasteiger partial charge in [0, 0.05) is 17.6 Å². The third-order valence-corrected chi connectivity index (χ3v) is 4.26. The Morgan fingerprint density at radius 2 is 2.16 bits per heavy atom. The lowest BCUT2D eigenvalue weighted by atomic mass is 10.3. The molecule has 19 heavy (non-hydrogen) atoms. The van der Waals surface area contributed by atoms with E-state index in [9.17, 15) is 23.6 Å². The van der Waals surface area contributed by atoms with Crippen LogP contribution in [0.15, 0.2) is 34.7 Å². The predicted octanol–water partition coefficient (Wildman–Crippen LogP) is 1.56. The predicted molar refractivity (Wildman–Crippen MR) is 67.7 cm³/mol. The minimum atomic E-state index is -3.97. The molecule has 0 aliphatic rings. The molecule has 1 heterocycles. The number of hydrogen-bond donors (Lipinski definition) is 2. The normalized spacial score (nSPS) is 11.2. The molecule has 0 aliphatic carbocycles. The van der Waals surface area contributed by atoms with Gasteiger partial charge in [0.15, 0.2) is 10.9 Å². The van der Waals surface area contributed by atoms with Crippen LogP contribution < -0.4 is 4.72 Å². The Kier molecular flexibility index (Phi) is 3.36. The summed E-state index contributed by atoms with van der Waals surface area (Å²) in [6, 6.07) is 2.80. The molecule has 10 heteroatoms. The topological polar surface area (TPSA) is 122 Å². The van der Waals surface area contributed by atoms with Crippen LogP contribution in [0, 0.1) is 10.1 Å². The maximum absolute atomic E-state index is 11.9. The van der Waals surface area contributed by atoms with E-state index in [-0.39, 0.29) is 10.0 Å². The number of aromatic nitrogens is 1. The molecule has 2 N–H and O–H groups in total. The van der Waals surface area contributed by atoms with E-state index in [1.807, 2.05) is 0 Å². The zero-order valence-corrected chi connectivity index (χ0v) is 10.8. The highest BCUT2D eigenvalue weighted by Crippen LogP contribution is 2.29. The van der Waals surface area contributed by atoms with Crippen LogP contribution in [0.1, 0.15) is 0 Å². The summed E-state index contributed by atoms with van der Waals surface area (Å²) in [5.41, 5.74) is -0.679. The fraction of sp³-hybridized carbons (Fsp3) is 0. The van der Waals surface area contributed by atoms with Crippen molar-refractivity contribution in [3.63, 3.8) is 0 Å². The molecule has 1 aromatic heterocycles. The van der Waals surface area contributed by atoms with Gasteiger partial charge in [0.25, 0.3) is 10.0 Å². The minimum Gasteiger partial charge on any atom is -0.502 e. The lowest BCUT2D eigenvalue weighted by Gasteiger charge is -2.05. The van der Waals surface area contributed by atoms with Crippen molar-refractivity contribution in [2.45, 2.75) is 4.90 Å². The number of nitrogens with zero attached hydrogens (tertiary/aromatic N) is 2. The Bertz CT molecular complexity index is 711. The summed E-state index contributed by atoms with van der Waals surface area (Å²) < 4.78 is 26.0. The third-order valence-electron chi connectivity index (χ3n) is 2.11. The first-order valence-electron chi connectivity index (χ1n) is 4.80. The maximum atomic E-state index is 11.9. The summed E-state index contributed by atoms with van der Waals surface area (Å²) in [7, 11) is -3.97. The standard InChI is InChI=1S/C9H7N3O5S2/c13-8-2-1-6(5-7(8)12(14)15)19(16,17)11-9-10-3-4-18-9/h1-5,13H,(H,10,11). The first kappa shape index (κ1) is 13.2. The molecule has 2 rings (SSSR count). The van der Waals surface area contributed by atoms with Crippen molar-refractivity contribution in [1.29, 1.82) is 0 Å². The van der Waals surface area contributed by atoms with E-state index in [4.69, 9.17) is 0 Å². The molecule has 0 amide bonds. The number of nitro groups is 1. The van der Waals surface area contributed by atoms with Gasteiger partial charge in [0.1, 0.15) is 0 Å². The molecule has 2 aromatic rings. The quantitative estimate of drug-likeness (QED) is 0.652. The summed E-state index contributed by atoms with van der Waals surface area (Å²) >= 11 is 1.07. The highest BCUT2D eigenvalue weighted by Gasteiger charge is 2.21. The number of hydrogen-bond acceptors (Lipinski definition) is 7. The van der Waals surface area contributed by atoms with Gasteiger partial charge in [0.2, 0.25) is 0 Å². The van der Waals surface area contributed by atoms with Gasteiger partial charge in [0.05, 0.1) is 9.82 Å². The van der Waals surface area contributed by atoms with Crippen LogP contribution in [-0.2, 0) is 10.0 Å². The van der Waals surface area contributed by atoms with Crippen LogP contribution in [0.3, 0.4) is 0 Å². The lowest BCUT2D eigenvalue weighted by Crippen LogP contribution is -2.12. The molecule has 0 fully saturated rings. The summed E-state index contributed by atoms with van der Waals surface area (Å²) in [4.78, 5) is 13.2. The number of sulfonamides is 1. The van der Waals surface area contributed by atoms with E-state index in [0.717, 1.165) is 29.5 Å². The van der Waals surface area contributed by atoms with Gasteiger partial charge in [-0.3, -0.25) is 14.8 Å². The molecular weight excluding hydrogens is 294 g/mol. The molecule has 0 aliphatic heterocycles. The SMILES string of the molecule is O=[N+]([O-])c1cc(S(=O)(=O)Nc2nccs2)ccc1O. The second-order valence-electron chi connectivity index (χ2n) is 3.35. The number of benzene rings is 1. The van der Waals surface area contributed by atoms with Gasteiger partial charge in [-0.25, -0.2) is 13.4 Å². The van der Waals surface area contributed by atoms with E-state index < -0.39 is 26.4 Å². The van der Waals surface area contributed by atoms with Crippen LogP contribution in [0.4, 0.5) is 10.8 Å². The summed E-state index contributed by atoms with van der Waals surface area (Å²) in [6.07, 6.45) is 1.42. The summed E-state index contributed by atoms with van der Waals surface area (Å²) in [5, 5.41) is 21.6. The van der Waals surface area contributed by atoms with E-state index >= 15 is 0 Å². The highest BCUT2D eigenvalue weighted by molar-refractivity contribution is 7.93. The van der Waals surface area contributed by atoms with Crippen LogP contribution >= 0.6 is 11.3 Å². The third kappa shape index (κ3) is 2.80. The monoisotopic (exact) mass is 301 g/mol. The number of anilines is 1. The average Bonchev–Trinajstić information content (AvgIpc) is 2.80. The Balaban J connectivity index is 2.41. The van der Waals surface area contributed by atoms with E-state index in [0.29, 0.717) is 0 Å². The van der Waals surface area contributed by atoms with Crippen molar-refractivity contribution in [2.24, 2.45) is 0 Å². The Labute approximate surface area is 111 Å². The number of phenolic OH excluding ortho intramolecular Hbond substituents is 1. The molecule has 0 radical (unpaired) electrons. The van der Waals surface area contributed by atoms with E-state index in [1.54, 1.807) is 5.38 Å². The van der Waals surface area contributed by atoms with Crippen molar-refractivity contribution in [1.82, 2.24) is 4.98 Å². The van der Waals surface area contributed by atoms with Crippen molar-refractivity contribution in [2.75, 3.05) is 4.72 Å². The number of rotatable bonds is 4. The zero-order chi connectivity index (χ0) is 14.0. The van der Waals surface area contributed by atoms with Crippen LogP contribution in [0.25, 0.3) is 0 Å². The number of nitrogens with one attached hydrogen (secondary N) is 1. The molecule has 0 saturated heterocycles. The Morgan fingerprint density at radius 3 is 2.74 bits per heavy atom. The van der Waals surface area contributed by atoms with Gasteiger partial charge in [-0.05, 0) is 12.1 Å². The molecule has 0 unspecified atom stereocenters. The smallest absolute Gasteiger partial charge is 0.312 e. The van der Waals surface area contributed by atoms with Crippen molar-refractivity contribution < 1.29 is 18.4 Å². The molecular formula is C9H7N3O5S2. The maximum Gasteiger partial charge on any atom is 0.312 e. The zero-order valence-electron chi connectivity index (χ0n) is 9.18. The number of aromatic hydroxyl groups is 1. The van der Waals surface area contributed by atoms with Gasteiger partial charge in [-0.1, -0.05) is 0 Å². The Hall–Kier alpha value is -2.20. The van der Waals surface area contributed by atoms with E-state index in [2.05, 4.69) is 9.71 Å². The lowest BCUT2D eigenvalue weighted by molar-refractivity contribution is -0.386. The van der Waals surface area contributed by atoms with Crippen LogP contribution in [-0.4, -0.2) is 23.4 Å². The fourth-order valence-corrected chi connectivity index (χ4v) is 3.07. The average molecular weight is 301 g/mol. The number of phenols is 1. The molecule has 0 atom stereocenters.